The average Bonchev–Trinajstić information content (AvgIpc) is 2.57. The lowest BCUT2D eigenvalue weighted by molar-refractivity contribution is -0.384. The smallest absolute Gasteiger partial charge is 0.270 e. The van der Waals surface area contributed by atoms with Crippen molar-refractivity contribution in [3.63, 3.8) is 0 Å². The summed E-state index contributed by atoms with van der Waals surface area (Å²) in [7, 11) is 0. The Labute approximate surface area is 134 Å². The van der Waals surface area contributed by atoms with Crippen molar-refractivity contribution in [3.8, 4) is 0 Å². The molecule has 0 saturated heterocycles. The van der Waals surface area contributed by atoms with Crippen LogP contribution in [0.4, 0.5) is 10.1 Å². The molecular formula is C17H11FN2O4. The molecule has 0 radical (unpaired) electrons. The van der Waals surface area contributed by atoms with Crippen LogP contribution >= 0.6 is 0 Å². The Bertz CT molecular complexity index is 1010. The molecule has 7 heteroatoms. The molecule has 0 spiro atoms. The lowest BCUT2D eigenvalue weighted by atomic mass is 10.1. The second kappa shape index (κ2) is 6.04. The van der Waals surface area contributed by atoms with Gasteiger partial charge in [0.1, 0.15) is 5.82 Å². The zero-order valence-corrected chi connectivity index (χ0v) is 12.3. The maximum atomic E-state index is 12.9. The van der Waals surface area contributed by atoms with Crippen molar-refractivity contribution in [2.75, 3.05) is 0 Å². The lowest BCUT2D eigenvalue weighted by Gasteiger charge is -2.09. The first-order valence-corrected chi connectivity index (χ1v) is 7.02. The Morgan fingerprint density at radius 1 is 1.08 bits per heavy atom. The zero-order chi connectivity index (χ0) is 17.3. The molecule has 0 saturated carbocycles. The number of halogens is 1. The summed E-state index contributed by atoms with van der Waals surface area (Å²) in [6, 6.07) is 11.8. The van der Waals surface area contributed by atoms with Gasteiger partial charge in [-0.15, -0.1) is 0 Å². The van der Waals surface area contributed by atoms with E-state index in [0.29, 0.717) is 10.9 Å². The molecule has 0 fully saturated rings. The molecule has 0 N–H and O–H groups in total. The van der Waals surface area contributed by atoms with Crippen LogP contribution in [0.1, 0.15) is 10.4 Å². The number of benzene rings is 2. The van der Waals surface area contributed by atoms with E-state index >= 15 is 0 Å². The lowest BCUT2D eigenvalue weighted by Crippen LogP contribution is -2.23. The molecular weight excluding hydrogens is 315 g/mol. The summed E-state index contributed by atoms with van der Waals surface area (Å²) in [5.74, 6) is -0.816. The van der Waals surface area contributed by atoms with Gasteiger partial charge in [0, 0.05) is 29.1 Å². The van der Waals surface area contributed by atoms with E-state index in [1.165, 1.54) is 59.2 Å². The summed E-state index contributed by atoms with van der Waals surface area (Å²) in [4.78, 5) is 34.7. The van der Waals surface area contributed by atoms with Gasteiger partial charge in [-0.3, -0.25) is 19.7 Å². The van der Waals surface area contributed by atoms with Crippen LogP contribution in [0.5, 0.6) is 0 Å². The Kier molecular flexibility index (Phi) is 3.91. The van der Waals surface area contributed by atoms with E-state index in [9.17, 15) is 24.1 Å². The summed E-state index contributed by atoms with van der Waals surface area (Å²) in [6.07, 6.45) is 0. The maximum absolute atomic E-state index is 12.9. The van der Waals surface area contributed by atoms with E-state index in [-0.39, 0.29) is 23.6 Å². The summed E-state index contributed by atoms with van der Waals surface area (Å²) >= 11 is 0. The van der Waals surface area contributed by atoms with Crippen LogP contribution in [0.25, 0.3) is 10.9 Å². The van der Waals surface area contributed by atoms with Gasteiger partial charge in [0.25, 0.3) is 11.2 Å². The average molecular weight is 326 g/mol. The van der Waals surface area contributed by atoms with Crippen LogP contribution in [0.15, 0.2) is 59.4 Å². The Hall–Kier alpha value is -3.35. The molecule has 1 aromatic heterocycles. The van der Waals surface area contributed by atoms with Crippen molar-refractivity contribution >= 4 is 22.4 Å². The summed E-state index contributed by atoms with van der Waals surface area (Å²) in [5, 5.41) is 11.3. The quantitative estimate of drug-likeness (QED) is 0.419. The van der Waals surface area contributed by atoms with Crippen molar-refractivity contribution in [2.24, 2.45) is 0 Å². The molecule has 1 heterocycles. The fourth-order valence-electron chi connectivity index (χ4n) is 2.44. The molecule has 0 aliphatic rings. The third kappa shape index (κ3) is 2.91. The summed E-state index contributed by atoms with van der Waals surface area (Å²) < 4.78 is 14.2. The molecule has 0 aliphatic carbocycles. The highest BCUT2D eigenvalue weighted by Gasteiger charge is 2.13. The topological polar surface area (TPSA) is 82.2 Å². The number of nitrogens with zero attached hydrogens (tertiary/aromatic N) is 2. The Morgan fingerprint density at radius 2 is 1.79 bits per heavy atom. The highest BCUT2D eigenvalue weighted by molar-refractivity contribution is 5.96. The first-order chi connectivity index (χ1) is 11.5. The number of nitro groups is 1. The number of non-ortho nitro benzene ring substituents is 1. The van der Waals surface area contributed by atoms with E-state index in [4.69, 9.17) is 0 Å². The van der Waals surface area contributed by atoms with Crippen LogP contribution < -0.4 is 5.56 Å². The van der Waals surface area contributed by atoms with Crippen molar-refractivity contribution < 1.29 is 14.1 Å². The highest BCUT2D eigenvalue weighted by Crippen LogP contribution is 2.20. The maximum Gasteiger partial charge on any atom is 0.270 e. The minimum absolute atomic E-state index is 0.0995. The molecule has 0 aliphatic heterocycles. The van der Waals surface area contributed by atoms with E-state index in [1.807, 2.05) is 0 Å². The first-order valence-electron chi connectivity index (χ1n) is 7.02. The highest BCUT2D eigenvalue weighted by atomic mass is 19.1. The number of carbonyl (C=O) groups excluding carboxylic acids is 1. The van der Waals surface area contributed by atoms with Gasteiger partial charge < -0.3 is 4.57 Å². The normalized spacial score (nSPS) is 10.7. The molecule has 0 atom stereocenters. The van der Waals surface area contributed by atoms with Crippen LogP contribution in [0.2, 0.25) is 0 Å². The number of ketones is 1. The van der Waals surface area contributed by atoms with Crippen LogP contribution in [-0.2, 0) is 6.54 Å². The number of hydrogen-bond donors (Lipinski definition) is 0. The fraction of sp³-hybridized carbons (Fsp3) is 0.0588. The van der Waals surface area contributed by atoms with E-state index in [0.717, 1.165) is 0 Å². The first kappa shape index (κ1) is 15.5. The monoisotopic (exact) mass is 326 g/mol. The summed E-state index contributed by atoms with van der Waals surface area (Å²) in [5.41, 5.74) is 0.204. The van der Waals surface area contributed by atoms with Gasteiger partial charge in [-0.05, 0) is 36.4 Å². The minimum atomic E-state index is -0.529. The molecule has 0 bridgehead atoms. The number of aromatic nitrogens is 1. The molecule has 0 amide bonds. The SMILES string of the molecule is O=C(Cn1c(=O)ccc2cc([N+](=O)[O-])ccc21)c1ccc(F)cc1. The van der Waals surface area contributed by atoms with E-state index < -0.39 is 16.3 Å². The van der Waals surface area contributed by atoms with E-state index in [2.05, 4.69) is 0 Å². The molecule has 6 nitrogen and oxygen atoms in total. The third-order valence-corrected chi connectivity index (χ3v) is 3.65. The minimum Gasteiger partial charge on any atom is -0.300 e. The van der Waals surface area contributed by atoms with Crippen molar-refractivity contribution in [3.05, 3.63) is 86.4 Å². The van der Waals surface area contributed by atoms with Gasteiger partial charge in [-0.1, -0.05) is 0 Å². The Morgan fingerprint density at radius 3 is 2.46 bits per heavy atom. The van der Waals surface area contributed by atoms with Gasteiger partial charge in [-0.2, -0.15) is 0 Å². The van der Waals surface area contributed by atoms with Gasteiger partial charge in [0.05, 0.1) is 17.0 Å². The number of nitro benzene ring substituents is 1. The molecule has 0 unspecified atom stereocenters. The van der Waals surface area contributed by atoms with E-state index in [1.54, 1.807) is 0 Å². The van der Waals surface area contributed by atoms with Gasteiger partial charge in [0.15, 0.2) is 5.78 Å². The third-order valence-electron chi connectivity index (χ3n) is 3.65. The second-order valence-corrected chi connectivity index (χ2v) is 5.19. The second-order valence-electron chi connectivity index (χ2n) is 5.19. The Balaban J connectivity index is 2.03. The predicted molar refractivity (Wildman–Crippen MR) is 85.6 cm³/mol. The predicted octanol–water partition coefficient (Wildman–Crippen LogP) is 2.93. The molecule has 24 heavy (non-hydrogen) atoms. The molecule has 120 valence electrons. The van der Waals surface area contributed by atoms with Gasteiger partial charge >= 0.3 is 0 Å². The van der Waals surface area contributed by atoms with Crippen LogP contribution in [-0.4, -0.2) is 15.3 Å². The standard InChI is InChI=1S/C17H11FN2O4/c18-13-4-1-11(2-5-13)16(21)10-19-15-7-6-14(20(23)24)9-12(15)3-8-17(19)22/h1-9H,10H2. The summed E-state index contributed by atoms with van der Waals surface area (Å²) in [6.45, 7) is -0.236. The zero-order valence-electron chi connectivity index (χ0n) is 12.3. The molecule has 2 aromatic carbocycles. The molecule has 3 rings (SSSR count). The number of hydrogen-bond acceptors (Lipinski definition) is 4. The number of carbonyl (C=O) groups is 1. The molecule has 3 aromatic rings. The van der Waals surface area contributed by atoms with Crippen LogP contribution in [0.3, 0.4) is 0 Å². The number of rotatable bonds is 4. The number of pyridine rings is 1. The number of fused-ring (bicyclic) bond motifs is 1. The van der Waals surface area contributed by atoms with Crippen molar-refractivity contribution in [1.29, 1.82) is 0 Å². The largest absolute Gasteiger partial charge is 0.300 e. The number of Topliss-reactive ketones (excluding diaryl/α,β-unsaturated/α-hetero) is 1. The van der Waals surface area contributed by atoms with Gasteiger partial charge in [-0.25, -0.2) is 4.39 Å². The van der Waals surface area contributed by atoms with Crippen molar-refractivity contribution in [2.45, 2.75) is 6.54 Å². The fourth-order valence-corrected chi connectivity index (χ4v) is 2.44. The van der Waals surface area contributed by atoms with Gasteiger partial charge in [0.2, 0.25) is 0 Å². The van der Waals surface area contributed by atoms with Crippen LogP contribution in [0, 0.1) is 15.9 Å². The van der Waals surface area contributed by atoms with Crippen molar-refractivity contribution in [1.82, 2.24) is 4.57 Å².